The van der Waals surface area contributed by atoms with Gasteiger partial charge in [-0.3, -0.25) is 4.90 Å². The number of anilines is 1. The SMILES string of the molecule is O=C(OC(C(F)(F)F)C(F)(F)F)N1CCC2(CC1)CN(Cc1c(Cl)cccc1N1CCCC1)C2. The second-order valence-corrected chi connectivity index (χ2v) is 9.82. The fraction of sp³-hybridized carbons (Fsp3) is 0.682. The number of hydrogen-bond donors (Lipinski definition) is 0. The number of nitrogens with zero attached hydrogens (tertiary/aromatic N) is 3. The molecule has 0 radical (unpaired) electrons. The summed E-state index contributed by atoms with van der Waals surface area (Å²) in [4.78, 5) is 17.5. The van der Waals surface area contributed by atoms with Gasteiger partial charge in [-0.1, -0.05) is 17.7 Å². The van der Waals surface area contributed by atoms with Crippen LogP contribution in [0.4, 0.5) is 36.8 Å². The maximum Gasteiger partial charge on any atom is 0.434 e. The van der Waals surface area contributed by atoms with Gasteiger partial charge < -0.3 is 14.5 Å². The molecular formula is C22H26ClF6N3O2. The zero-order chi connectivity index (χ0) is 24.7. The summed E-state index contributed by atoms with van der Waals surface area (Å²) in [6, 6.07) is 5.88. The van der Waals surface area contributed by atoms with E-state index in [1.54, 1.807) is 0 Å². The second kappa shape index (κ2) is 9.29. The highest BCUT2D eigenvalue weighted by atomic mass is 35.5. The molecule has 3 heterocycles. The minimum absolute atomic E-state index is 0.0558. The average Bonchev–Trinajstić information content (AvgIpc) is 3.25. The van der Waals surface area contributed by atoms with Crippen LogP contribution >= 0.6 is 11.6 Å². The van der Waals surface area contributed by atoms with Gasteiger partial charge in [-0.25, -0.2) is 4.79 Å². The lowest BCUT2D eigenvalue weighted by Crippen LogP contribution is -2.60. The predicted octanol–water partition coefficient (Wildman–Crippen LogP) is 5.47. The lowest BCUT2D eigenvalue weighted by Gasteiger charge is -2.54. The molecule has 190 valence electrons. The molecule has 1 amide bonds. The zero-order valence-corrected chi connectivity index (χ0v) is 19.1. The van der Waals surface area contributed by atoms with Crippen LogP contribution in [0.1, 0.15) is 31.2 Å². The summed E-state index contributed by atoms with van der Waals surface area (Å²) in [6.45, 7) is 4.22. The van der Waals surface area contributed by atoms with Crippen LogP contribution in [0.3, 0.4) is 0 Å². The van der Waals surface area contributed by atoms with Crippen LogP contribution in [0.15, 0.2) is 18.2 Å². The van der Waals surface area contributed by atoms with Crippen molar-refractivity contribution in [1.29, 1.82) is 0 Å². The highest BCUT2D eigenvalue weighted by Crippen LogP contribution is 2.43. The smallest absolute Gasteiger partial charge is 0.426 e. The molecule has 3 saturated heterocycles. The zero-order valence-electron chi connectivity index (χ0n) is 18.4. The van der Waals surface area contributed by atoms with E-state index in [2.05, 4.69) is 20.6 Å². The third kappa shape index (κ3) is 5.35. The van der Waals surface area contributed by atoms with E-state index in [-0.39, 0.29) is 18.5 Å². The van der Waals surface area contributed by atoms with Crippen molar-refractivity contribution in [2.75, 3.05) is 44.2 Å². The second-order valence-electron chi connectivity index (χ2n) is 9.41. The van der Waals surface area contributed by atoms with Crippen LogP contribution in [-0.4, -0.2) is 73.6 Å². The highest BCUT2D eigenvalue weighted by molar-refractivity contribution is 6.31. The molecule has 0 aliphatic carbocycles. The Balaban J connectivity index is 1.31. The van der Waals surface area contributed by atoms with Crippen LogP contribution in [0.25, 0.3) is 0 Å². The summed E-state index contributed by atoms with van der Waals surface area (Å²) < 4.78 is 79.9. The van der Waals surface area contributed by atoms with Crippen LogP contribution < -0.4 is 4.90 Å². The monoisotopic (exact) mass is 513 g/mol. The third-order valence-corrected chi connectivity index (χ3v) is 7.29. The highest BCUT2D eigenvalue weighted by Gasteiger charge is 2.60. The summed E-state index contributed by atoms with van der Waals surface area (Å²) in [5, 5.41) is 0.701. The summed E-state index contributed by atoms with van der Waals surface area (Å²) in [6.07, 6.45) is -13.9. The first-order valence-electron chi connectivity index (χ1n) is 11.2. The molecule has 0 N–H and O–H groups in total. The summed E-state index contributed by atoms with van der Waals surface area (Å²) >= 11 is 6.50. The van der Waals surface area contributed by atoms with Gasteiger partial charge in [-0.2, -0.15) is 26.3 Å². The Bertz CT molecular complexity index is 874. The molecule has 0 atom stereocenters. The molecule has 1 aromatic carbocycles. The fourth-order valence-electron chi connectivity index (χ4n) is 5.17. The fourth-order valence-corrected chi connectivity index (χ4v) is 5.40. The molecule has 3 aliphatic rings. The van der Waals surface area contributed by atoms with Crippen LogP contribution in [0.5, 0.6) is 0 Å². The van der Waals surface area contributed by atoms with Crippen LogP contribution in [0.2, 0.25) is 5.02 Å². The van der Waals surface area contributed by atoms with Crippen molar-refractivity contribution in [1.82, 2.24) is 9.80 Å². The van der Waals surface area contributed by atoms with E-state index in [0.29, 0.717) is 24.4 Å². The van der Waals surface area contributed by atoms with E-state index in [4.69, 9.17) is 11.6 Å². The Hall–Kier alpha value is -1.88. The maximum absolute atomic E-state index is 12.7. The first-order chi connectivity index (χ1) is 15.9. The van der Waals surface area contributed by atoms with Crippen LogP contribution in [0, 0.1) is 5.41 Å². The number of carbonyl (C=O) groups is 1. The minimum atomic E-state index is -5.72. The van der Waals surface area contributed by atoms with E-state index in [1.165, 1.54) is 0 Å². The molecule has 0 bridgehead atoms. The minimum Gasteiger partial charge on any atom is -0.426 e. The molecule has 5 nitrogen and oxygen atoms in total. The number of carbonyl (C=O) groups excluding carboxylic acids is 1. The Morgan fingerprint density at radius 2 is 1.59 bits per heavy atom. The van der Waals surface area contributed by atoms with Gasteiger partial charge in [0.05, 0.1) is 0 Å². The van der Waals surface area contributed by atoms with Crippen molar-refractivity contribution in [2.45, 2.75) is 50.7 Å². The van der Waals surface area contributed by atoms with Gasteiger partial charge in [0, 0.05) is 62.1 Å². The van der Waals surface area contributed by atoms with Gasteiger partial charge in [0.2, 0.25) is 0 Å². The molecule has 3 aliphatic heterocycles. The van der Waals surface area contributed by atoms with Gasteiger partial charge in [0.15, 0.2) is 0 Å². The number of benzene rings is 1. The number of halogens is 7. The Morgan fingerprint density at radius 1 is 1.00 bits per heavy atom. The largest absolute Gasteiger partial charge is 0.434 e. The first kappa shape index (κ1) is 25.2. The van der Waals surface area contributed by atoms with Gasteiger partial charge in [-0.05, 0) is 43.2 Å². The molecule has 4 rings (SSSR count). The van der Waals surface area contributed by atoms with Gasteiger partial charge in [0.25, 0.3) is 6.10 Å². The first-order valence-corrected chi connectivity index (χ1v) is 11.6. The van der Waals surface area contributed by atoms with Crippen LogP contribution in [-0.2, 0) is 11.3 Å². The Kier molecular flexibility index (Phi) is 6.89. The van der Waals surface area contributed by atoms with E-state index in [1.807, 2.05) is 12.1 Å². The van der Waals surface area contributed by atoms with Gasteiger partial charge >= 0.3 is 18.4 Å². The molecule has 0 aromatic heterocycles. The molecule has 0 unspecified atom stereocenters. The molecule has 1 aromatic rings. The number of rotatable bonds is 4. The van der Waals surface area contributed by atoms with Gasteiger partial charge in [0.1, 0.15) is 0 Å². The van der Waals surface area contributed by atoms with E-state index < -0.39 is 24.5 Å². The quantitative estimate of drug-likeness (QED) is 0.500. The topological polar surface area (TPSA) is 36.0 Å². The molecular weight excluding hydrogens is 488 g/mol. The number of hydrogen-bond acceptors (Lipinski definition) is 4. The summed E-state index contributed by atoms with van der Waals surface area (Å²) in [7, 11) is 0. The maximum atomic E-state index is 12.7. The average molecular weight is 514 g/mol. The number of alkyl halides is 6. The molecule has 34 heavy (non-hydrogen) atoms. The number of ether oxygens (including phenoxy) is 1. The van der Waals surface area contributed by atoms with Crippen molar-refractivity contribution in [2.24, 2.45) is 5.41 Å². The van der Waals surface area contributed by atoms with Crippen molar-refractivity contribution < 1.29 is 35.9 Å². The standard InChI is InChI=1S/C22H26ClF6N3O2/c23-16-4-3-5-17(31-8-1-2-9-31)15(16)12-30-13-20(14-30)6-10-32(11-7-20)19(33)34-18(21(24,25)26)22(27,28)29/h3-5,18H,1-2,6-14H2. The van der Waals surface area contributed by atoms with Crippen molar-refractivity contribution in [3.63, 3.8) is 0 Å². The molecule has 0 saturated carbocycles. The molecule has 1 spiro atoms. The van der Waals surface area contributed by atoms with E-state index in [9.17, 15) is 31.1 Å². The third-order valence-electron chi connectivity index (χ3n) is 6.94. The number of amides is 1. The summed E-state index contributed by atoms with van der Waals surface area (Å²) in [5.74, 6) is 0. The molecule has 12 heteroatoms. The summed E-state index contributed by atoms with van der Waals surface area (Å²) in [5.41, 5.74) is 2.08. The predicted molar refractivity (Wildman–Crippen MR) is 114 cm³/mol. The van der Waals surface area contributed by atoms with E-state index >= 15 is 0 Å². The lowest BCUT2D eigenvalue weighted by molar-refractivity contribution is -0.308. The lowest BCUT2D eigenvalue weighted by atomic mass is 9.72. The Morgan fingerprint density at radius 3 is 2.15 bits per heavy atom. The number of piperidine rings is 1. The van der Waals surface area contributed by atoms with Crippen molar-refractivity contribution in [3.05, 3.63) is 28.8 Å². The molecule has 3 fully saturated rings. The van der Waals surface area contributed by atoms with Crippen molar-refractivity contribution in [3.8, 4) is 0 Å². The van der Waals surface area contributed by atoms with Crippen molar-refractivity contribution >= 4 is 23.4 Å². The van der Waals surface area contributed by atoms with Gasteiger partial charge in [-0.15, -0.1) is 0 Å². The Labute approximate surface area is 198 Å². The van der Waals surface area contributed by atoms with E-state index in [0.717, 1.165) is 55.2 Å². The normalized spacial score (nSPS) is 21.3. The number of likely N-dealkylation sites (tertiary alicyclic amines) is 2.